The van der Waals surface area contributed by atoms with Gasteiger partial charge in [-0.15, -0.1) is 0 Å². The average Bonchev–Trinajstić information content (AvgIpc) is 2.76. The van der Waals surface area contributed by atoms with E-state index in [2.05, 4.69) is 5.32 Å². The number of carbonyl (C=O) groups excluding carboxylic acids is 2. The van der Waals surface area contributed by atoms with Gasteiger partial charge in [0, 0.05) is 5.92 Å². The first kappa shape index (κ1) is 27.3. The van der Waals surface area contributed by atoms with Gasteiger partial charge in [0.15, 0.2) is 5.78 Å². The number of allylic oxidation sites excluding steroid dienone is 2. The third-order valence-corrected chi connectivity index (χ3v) is 5.36. The molecule has 0 saturated carbocycles. The molecule has 2 rings (SSSR count). The standard InChI is InChI=1S/C29H39NO4/c1-21(2)16-17-26(31)24(18-22-12-8-6-9-13-22)20-27(32)25(19-23-14-10-7-11-15-23)30-28(33)34-29(3,4)5/h6-17,21,24-25,27,32H,18-20H2,1-5H3,(H,30,33). The first-order valence-electron chi connectivity index (χ1n) is 12.0. The second-order valence-corrected chi connectivity index (χ2v) is 10.1. The third-order valence-electron chi connectivity index (χ3n) is 5.36. The molecule has 2 aromatic carbocycles. The summed E-state index contributed by atoms with van der Waals surface area (Å²) in [5, 5.41) is 14.1. The molecule has 184 valence electrons. The van der Waals surface area contributed by atoms with Crippen LogP contribution in [0, 0.1) is 11.8 Å². The molecule has 0 saturated heterocycles. The highest BCUT2D eigenvalue weighted by molar-refractivity contribution is 5.92. The van der Waals surface area contributed by atoms with E-state index in [9.17, 15) is 14.7 Å². The highest BCUT2D eigenvalue weighted by atomic mass is 16.6. The van der Waals surface area contributed by atoms with Crippen LogP contribution in [0.3, 0.4) is 0 Å². The Morgan fingerprint density at radius 2 is 1.47 bits per heavy atom. The highest BCUT2D eigenvalue weighted by Gasteiger charge is 2.29. The van der Waals surface area contributed by atoms with E-state index in [4.69, 9.17) is 4.74 Å². The number of ether oxygens (including phenoxy) is 1. The van der Waals surface area contributed by atoms with Crippen molar-refractivity contribution in [3.05, 3.63) is 83.9 Å². The van der Waals surface area contributed by atoms with Crippen molar-refractivity contribution in [3.8, 4) is 0 Å². The Bertz CT molecular complexity index is 916. The van der Waals surface area contributed by atoms with Gasteiger partial charge in [-0.3, -0.25) is 4.79 Å². The van der Waals surface area contributed by atoms with E-state index in [-0.39, 0.29) is 18.1 Å². The summed E-state index contributed by atoms with van der Waals surface area (Å²) >= 11 is 0. The van der Waals surface area contributed by atoms with E-state index in [1.807, 2.05) is 80.6 Å². The fourth-order valence-corrected chi connectivity index (χ4v) is 3.69. The van der Waals surface area contributed by atoms with E-state index < -0.39 is 29.8 Å². The van der Waals surface area contributed by atoms with Crippen molar-refractivity contribution in [2.75, 3.05) is 0 Å². The van der Waals surface area contributed by atoms with Gasteiger partial charge in [-0.25, -0.2) is 4.79 Å². The van der Waals surface area contributed by atoms with Crippen molar-refractivity contribution in [2.45, 2.75) is 71.6 Å². The van der Waals surface area contributed by atoms with Crippen molar-refractivity contribution >= 4 is 11.9 Å². The van der Waals surface area contributed by atoms with E-state index in [0.717, 1.165) is 11.1 Å². The second kappa shape index (κ2) is 13.1. The maximum absolute atomic E-state index is 13.1. The van der Waals surface area contributed by atoms with Crippen molar-refractivity contribution < 1.29 is 19.4 Å². The predicted octanol–water partition coefficient (Wildman–Crippen LogP) is 5.51. The average molecular weight is 466 g/mol. The fraction of sp³-hybridized carbons (Fsp3) is 0.448. The van der Waals surface area contributed by atoms with Crippen LogP contribution in [-0.2, 0) is 22.4 Å². The zero-order chi connectivity index (χ0) is 25.1. The molecule has 0 radical (unpaired) electrons. The number of amides is 1. The van der Waals surface area contributed by atoms with Gasteiger partial charge < -0.3 is 15.2 Å². The summed E-state index contributed by atoms with van der Waals surface area (Å²) in [6.45, 7) is 9.43. The lowest BCUT2D eigenvalue weighted by atomic mass is 9.86. The maximum atomic E-state index is 13.1. The first-order valence-corrected chi connectivity index (χ1v) is 12.0. The summed E-state index contributed by atoms with van der Waals surface area (Å²) in [6, 6.07) is 18.9. The summed E-state index contributed by atoms with van der Waals surface area (Å²) < 4.78 is 5.43. The molecule has 0 aliphatic heterocycles. The van der Waals surface area contributed by atoms with Gasteiger partial charge in [0.2, 0.25) is 0 Å². The van der Waals surface area contributed by atoms with Crippen molar-refractivity contribution in [1.29, 1.82) is 0 Å². The number of nitrogens with one attached hydrogen (secondary N) is 1. The van der Waals surface area contributed by atoms with Crippen LogP contribution in [0.4, 0.5) is 4.79 Å². The van der Waals surface area contributed by atoms with Crippen LogP contribution in [0.15, 0.2) is 72.8 Å². The van der Waals surface area contributed by atoms with Crippen molar-refractivity contribution in [1.82, 2.24) is 5.32 Å². The zero-order valence-electron chi connectivity index (χ0n) is 21.0. The smallest absolute Gasteiger partial charge is 0.407 e. The lowest BCUT2D eigenvalue weighted by Crippen LogP contribution is -2.47. The van der Waals surface area contributed by atoms with Crippen LogP contribution in [0.2, 0.25) is 0 Å². The number of ketones is 1. The number of carbonyl (C=O) groups is 2. The Morgan fingerprint density at radius 1 is 0.941 bits per heavy atom. The summed E-state index contributed by atoms with van der Waals surface area (Å²) in [6.07, 6.45) is 3.16. The molecule has 0 aromatic heterocycles. The number of hydrogen-bond donors (Lipinski definition) is 2. The monoisotopic (exact) mass is 465 g/mol. The SMILES string of the molecule is CC(C)C=CC(=O)C(Cc1ccccc1)CC(O)C(Cc1ccccc1)NC(=O)OC(C)(C)C. The van der Waals surface area contributed by atoms with Gasteiger partial charge in [-0.1, -0.05) is 80.6 Å². The van der Waals surface area contributed by atoms with Crippen LogP contribution in [0.5, 0.6) is 0 Å². The number of aliphatic hydroxyl groups is 1. The Labute approximate surface area is 204 Å². The van der Waals surface area contributed by atoms with Gasteiger partial charge in [-0.05, 0) is 63.2 Å². The zero-order valence-corrected chi connectivity index (χ0v) is 21.0. The molecule has 5 nitrogen and oxygen atoms in total. The number of aliphatic hydroxyl groups excluding tert-OH is 1. The molecule has 0 fully saturated rings. The molecule has 34 heavy (non-hydrogen) atoms. The molecule has 3 unspecified atom stereocenters. The van der Waals surface area contributed by atoms with E-state index in [1.54, 1.807) is 26.8 Å². The molecule has 2 N–H and O–H groups in total. The van der Waals surface area contributed by atoms with Gasteiger partial charge in [0.1, 0.15) is 5.60 Å². The third kappa shape index (κ3) is 10.3. The van der Waals surface area contributed by atoms with Crippen molar-refractivity contribution in [3.63, 3.8) is 0 Å². The largest absolute Gasteiger partial charge is 0.444 e. The second-order valence-electron chi connectivity index (χ2n) is 10.1. The fourth-order valence-electron chi connectivity index (χ4n) is 3.69. The predicted molar refractivity (Wildman–Crippen MR) is 137 cm³/mol. The van der Waals surface area contributed by atoms with E-state index in [0.29, 0.717) is 12.8 Å². The van der Waals surface area contributed by atoms with Gasteiger partial charge in [0.25, 0.3) is 0 Å². The number of benzene rings is 2. The van der Waals surface area contributed by atoms with Gasteiger partial charge >= 0.3 is 6.09 Å². The van der Waals surface area contributed by atoms with Crippen LogP contribution >= 0.6 is 0 Å². The molecular weight excluding hydrogens is 426 g/mol. The molecular formula is C29H39NO4. The Kier molecular flexibility index (Phi) is 10.5. The quantitative estimate of drug-likeness (QED) is 0.429. The maximum Gasteiger partial charge on any atom is 0.407 e. The number of alkyl carbamates (subject to hydrolysis) is 1. The Morgan fingerprint density at radius 3 is 1.97 bits per heavy atom. The van der Waals surface area contributed by atoms with E-state index >= 15 is 0 Å². The lowest BCUT2D eigenvalue weighted by molar-refractivity contribution is -0.119. The van der Waals surface area contributed by atoms with E-state index in [1.165, 1.54) is 0 Å². The summed E-state index contributed by atoms with van der Waals surface area (Å²) in [5.41, 5.74) is 1.36. The molecule has 0 bridgehead atoms. The molecule has 0 heterocycles. The molecule has 5 heteroatoms. The topological polar surface area (TPSA) is 75.6 Å². The van der Waals surface area contributed by atoms with Crippen LogP contribution in [0.25, 0.3) is 0 Å². The molecule has 2 aromatic rings. The Balaban J connectivity index is 2.23. The summed E-state index contributed by atoms with van der Waals surface area (Å²) in [4.78, 5) is 25.6. The molecule has 1 amide bonds. The molecule has 3 atom stereocenters. The van der Waals surface area contributed by atoms with Crippen molar-refractivity contribution in [2.24, 2.45) is 11.8 Å². The van der Waals surface area contributed by atoms with Crippen LogP contribution in [0.1, 0.15) is 52.2 Å². The Hall–Kier alpha value is -2.92. The molecule has 0 spiro atoms. The highest BCUT2D eigenvalue weighted by Crippen LogP contribution is 2.20. The number of rotatable bonds is 11. The normalized spacial score (nSPS) is 14.6. The molecule has 0 aliphatic carbocycles. The van der Waals surface area contributed by atoms with Gasteiger partial charge in [-0.2, -0.15) is 0 Å². The summed E-state index contributed by atoms with van der Waals surface area (Å²) in [5.74, 6) is -0.177. The first-order chi connectivity index (χ1) is 16.0. The van der Waals surface area contributed by atoms with Crippen LogP contribution < -0.4 is 5.32 Å². The van der Waals surface area contributed by atoms with Crippen LogP contribution in [-0.4, -0.2) is 34.7 Å². The number of hydrogen-bond acceptors (Lipinski definition) is 4. The minimum absolute atomic E-state index is 0.0210. The van der Waals surface area contributed by atoms with Gasteiger partial charge in [0.05, 0.1) is 12.1 Å². The molecule has 0 aliphatic rings. The summed E-state index contributed by atoms with van der Waals surface area (Å²) in [7, 11) is 0. The lowest BCUT2D eigenvalue weighted by Gasteiger charge is -2.28. The minimum atomic E-state index is -0.933. The minimum Gasteiger partial charge on any atom is -0.444 e.